The van der Waals surface area contributed by atoms with Gasteiger partial charge < -0.3 is 15.0 Å². The molecule has 1 N–H and O–H groups in total. The molecule has 1 saturated heterocycles. The van der Waals surface area contributed by atoms with Crippen molar-refractivity contribution in [2.45, 2.75) is 51.8 Å². The molecule has 154 valence electrons. The van der Waals surface area contributed by atoms with Crippen molar-refractivity contribution >= 4 is 11.7 Å². The number of benzene rings is 1. The van der Waals surface area contributed by atoms with E-state index in [9.17, 15) is 9.59 Å². The van der Waals surface area contributed by atoms with Gasteiger partial charge in [-0.05, 0) is 70.5 Å². The Kier molecular flexibility index (Phi) is 7.36. The van der Waals surface area contributed by atoms with Crippen LogP contribution in [-0.2, 0) is 11.3 Å². The predicted molar refractivity (Wildman–Crippen MR) is 112 cm³/mol. The molecule has 2 unspecified atom stereocenters. The van der Waals surface area contributed by atoms with E-state index in [-0.39, 0.29) is 17.7 Å². The van der Waals surface area contributed by atoms with Gasteiger partial charge in [0, 0.05) is 17.8 Å². The molecule has 0 bridgehead atoms. The summed E-state index contributed by atoms with van der Waals surface area (Å²) in [6, 6.07) is 12.9. The van der Waals surface area contributed by atoms with E-state index in [1.54, 1.807) is 37.4 Å². The van der Waals surface area contributed by atoms with Crippen LogP contribution >= 0.6 is 0 Å². The van der Waals surface area contributed by atoms with Crippen molar-refractivity contribution in [1.82, 2.24) is 15.2 Å². The number of carbonyl (C=O) groups is 2. The molecule has 3 rings (SSSR count). The lowest BCUT2D eigenvalue weighted by molar-refractivity contribution is -0.141. The van der Waals surface area contributed by atoms with E-state index in [0.717, 1.165) is 38.0 Å². The summed E-state index contributed by atoms with van der Waals surface area (Å²) in [5.74, 6) is 0.437. The lowest BCUT2D eigenvalue weighted by Crippen LogP contribution is -2.46. The second-order valence-electron chi connectivity index (χ2n) is 7.47. The number of nitrogens with zero attached hydrogens (tertiary/aromatic N) is 2. The largest absolute Gasteiger partial charge is 0.481 e. The Hall–Kier alpha value is -2.73. The summed E-state index contributed by atoms with van der Waals surface area (Å²) in [6.07, 6.45) is 3.99. The zero-order valence-corrected chi connectivity index (χ0v) is 17.1. The number of ether oxygens (including phenoxy) is 1. The zero-order valence-electron chi connectivity index (χ0n) is 17.1. The summed E-state index contributed by atoms with van der Waals surface area (Å²) in [6.45, 7) is 5.62. The Bertz CT molecular complexity index is 817. The monoisotopic (exact) mass is 395 g/mol. The number of aromatic nitrogens is 1. The van der Waals surface area contributed by atoms with Crippen molar-refractivity contribution in [3.63, 3.8) is 0 Å². The van der Waals surface area contributed by atoms with E-state index >= 15 is 0 Å². The van der Waals surface area contributed by atoms with Gasteiger partial charge in [-0.25, -0.2) is 0 Å². The summed E-state index contributed by atoms with van der Waals surface area (Å²) in [5, 5.41) is 3.40. The highest BCUT2D eigenvalue weighted by Crippen LogP contribution is 2.20. The van der Waals surface area contributed by atoms with Crippen molar-refractivity contribution < 1.29 is 14.3 Å². The van der Waals surface area contributed by atoms with E-state index in [2.05, 4.69) is 10.3 Å². The summed E-state index contributed by atoms with van der Waals surface area (Å²) in [7, 11) is 0. The molecule has 6 nitrogen and oxygen atoms in total. The summed E-state index contributed by atoms with van der Waals surface area (Å²) < 4.78 is 5.93. The molecule has 1 aromatic heterocycles. The molecular weight excluding hydrogens is 366 g/mol. The van der Waals surface area contributed by atoms with Crippen LogP contribution in [0.4, 0.5) is 0 Å². The van der Waals surface area contributed by atoms with Crippen molar-refractivity contribution in [1.29, 1.82) is 0 Å². The number of carbonyl (C=O) groups excluding carboxylic acids is 2. The third-order valence-electron chi connectivity index (χ3n) is 5.23. The summed E-state index contributed by atoms with van der Waals surface area (Å²) >= 11 is 0. The average molecular weight is 396 g/mol. The van der Waals surface area contributed by atoms with Crippen LogP contribution < -0.4 is 10.1 Å². The van der Waals surface area contributed by atoms with Gasteiger partial charge in [-0.2, -0.15) is 0 Å². The molecule has 29 heavy (non-hydrogen) atoms. The highest BCUT2D eigenvalue weighted by molar-refractivity contribution is 5.94. The fraction of sp³-hybridized carbons (Fsp3) is 0.435. The van der Waals surface area contributed by atoms with Gasteiger partial charge in [-0.3, -0.25) is 14.6 Å². The molecular formula is C23H29N3O3. The lowest BCUT2D eigenvalue weighted by atomic mass is 10.1. The van der Waals surface area contributed by atoms with Crippen LogP contribution in [0.1, 0.15) is 49.2 Å². The minimum Gasteiger partial charge on any atom is -0.481 e. The van der Waals surface area contributed by atoms with Crippen LogP contribution in [0.15, 0.2) is 48.7 Å². The molecule has 1 aliphatic rings. The molecule has 0 radical (unpaired) electrons. The zero-order chi connectivity index (χ0) is 20.6. The Balaban J connectivity index is 1.77. The summed E-state index contributed by atoms with van der Waals surface area (Å²) in [4.78, 5) is 31.3. The Morgan fingerprint density at radius 3 is 2.83 bits per heavy atom. The first-order valence-corrected chi connectivity index (χ1v) is 10.2. The number of ketones is 1. The minimum absolute atomic E-state index is 0.0304. The molecule has 2 aromatic rings. The van der Waals surface area contributed by atoms with Crippen LogP contribution in [-0.4, -0.2) is 46.8 Å². The number of hydrogen-bond donors (Lipinski definition) is 1. The molecule has 1 fully saturated rings. The van der Waals surface area contributed by atoms with Gasteiger partial charge in [0.1, 0.15) is 5.75 Å². The van der Waals surface area contributed by atoms with Gasteiger partial charge in [0.05, 0.1) is 12.2 Å². The van der Waals surface area contributed by atoms with Gasteiger partial charge >= 0.3 is 0 Å². The van der Waals surface area contributed by atoms with Crippen molar-refractivity contribution in [3.8, 4) is 5.75 Å². The van der Waals surface area contributed by atoms with Gasteiger partial charge in [0.2, 0.25) is 0 Å². The molecule has 6 heteroatoms. The average Bonchev–Trinajstić information content (AvgIpc) is 3.02. The third kappa shape index (κ3) is 5.87. The molecule has 1 aromatic carbocycles. The maximum atomic E-state index is 13.4. The maximum absolute atomic E-state index is 13.4. The first-order valence-electron chi connectivity index (χ1n) is 10.2. The Morgan fingerprint density at radius 1 is 1.21 bits per heavy atom. The van der Waals surface area contributed by atoms with Crippen LogP contribution in [0.3, 0.4) is 0 Å². The summed E-state index contributed by atoms with van der Waals surface area (Å²) in [5.41, 5.74) is 1.44. The molecule has 1 aliphatic heterocycles. The Labute approximate surface area is 172 Å². The molecule has 2 atom stereocenters. The van der Waals surface area contributed by atoms with Crippen LogP contribution in [0, 0.1) is 0 Å². The predicted octanol–water partition coefficient (Wildman–Crippen LogP) is 3.22. The van der Waals surface area contributed by atoms with E-state index in [0.29, 0.717) is 17.9 Å². The van der Waals surface area contributed by atoms with E-state index in [1.807, 2.05) is 23.1 Å². The van der Waals surface area contributed by atoms with Gasteiger partial charge in [0.25, 0.3) is 5.91 Å². The van der Waals surface area contributed by atoms with Gasteiger partial charge in [0.15, 0.2) is 11.9 Å². The first kappa shape index (κ1) is 21.0. The topological polar surface area (TPSA) is 71.5 Å². The van der Waals surface area contributed by atoms with Crippen molar-refractivity contribution in [3.05, 3.63) is 59.9 Å². The number of amides is 1. The van der Waals surface area contributed by atoms with Crippen molar-refractivity contribution in [2.75, 3.05) is 13.1 Å². The lowest BCUT2D eigenvalue weighted by Gasteiger charge is -2.33. The van der Waals surface area contributed by atoms with E-state index in [4.69, 9.17) is 4.74 Å². The fourth-order valence-electron chi connectivity index (χ4n) is 3.64. The normalized spacial score (nSPS) is 17.8. The second-order valence-corrected chi connectivity index (χ2v) is 7.47. The van der Waals surface area contributed by atoms with Gasteiger partial charge in [-0.15, -0.1) is 0 Å². The molecule has 1 amide bonds. The maximum Gasteiger partial charge on any atom is 0.263 e. The minimum atomic E-state index is -0.655. The number of Topliss-reactive ketones (excluding diaryl/α,β-unsaturated/α-hetero) is 1. The van der Waals surface area contributed by atoms with Crippen LogP contribution in [0.2, 0.25) is 0 Å². The molecule has 0 aliphatic carbocycles. The Morgan fingerprint density at radius 2 is 2.07 bits per heavy atom. The highest BCUT2D eigenvalue weighted by atomic mass is 16.5. The number of pyridine rings is 1. The van der Waals surface area contributed by atoms with E-state index < -0.39 is 6.10 Å². The molecule has 0 saturated carbocycles. The second kappa shape index (κ2) is 10.2. The first-order chi connectivity index (χ1) is 14.0. The standard InChI is InChI=1S/C23H29N3O3/c1-17(27)19-7-5-10-22(15-19)29-18(2)23(28)26(16-20-8-3-4-13-25-20)21-9-6-12-24-14-11-21/h3-5,7-8,10,13,15,18,21,24H,6,9,11-12,14,16H2,1-2H3. The molecule has 2 heterocycles. The number of rotatable bonds is 7. The van der Waals surface area contributed by atoms with Crippen LogP contribution in [0.25, 0.3) is 0 Å². The van der Waals surface area contributed by atoms with Crippen LogP contribution in [0.5, 0.6) is 5.75 Å². The van der Waals surface area contributed by atoms with Gasteiger partial charge in [-0.1, -0.05) is 18.2 Å². The quantitative estimate of drug-likeness (QED) is 0.729. The third-order valence-corrected chi connectivity index (χ3v) is 5.23. The smallest absolute Gasteiger partial charge is 0.263 e. The fourth-order valence-corrected chi connectivity index (χ4v) is 3.64. The van der Waals surface area contributed by atoms with E-state index in [1.165, 1.54) is 6.92 Å². The van der Waals surface area contributed by atoms with Crippen molar-refractivity contribution in [2.24, 2.45) is 0 Å². The number of nitrogens with one attached hydrogen (secondary N) is 1. The number of hydrogen-bond acceptors (Lipinski definition) is 5. The highest BCUT2D eigenvalue weighted by Gasteiger charge is 2.29. The molecule has 0 spiro atoms. The SMILES string of the molecule is CC(=O)c1cccc(OC(C)C(=O)N(Cc2ccccn2)C2CCCNCC2)c1.